The number of benzene rings is 1. The molecule has 4 nitrogen and oxygen atoms in total. The standard InChI is InChI=1S/C10H8N2O2/c13-7-10-12-11-9(14-10)6-8-4-2-1-3-5-8/h1-5,7H,6H2. The number of hydrogen-bond donors (Lipinski definition) is 0. The fourth-order valence-electron chi connectivity index (χ4n) is 1.16. The molecule has 0 fully saturated rings. The highest BCUT2D eigenvalue weighted by Crippen LogP contribution is 2.06. The van der Waals surface area contributed by atoms with E-state index in [2.05, 4.69) is 10.2 Å². The van der Waals surface area contributed by atoms with Crippen molar-refractivity contribution in [3.63, 3.8) is 0 Å². The van der Waals surface area contributed by atoms with Crippen molar-refractivity contribution < 1.29 is 9.21 Å². The molecule has 0 saturated heterocycles. The molecule has 2 aromatic rings. The molecule has 0 bridgehead atoms. The van der Waals surface area contributed by atoms with Crippen molar-refractivity contribution in [2.24, 2.45) is 0 Å². The molecule has 1 aromatic carbocycles. The number of aldehydes is 1. The van der Waals surface area contributed by atoms with Gasteiger partial charge in [-0.1, -0.05) is 30.3 Å². The average Bonchev–Trinajstić information content (AvgIpc) is 2.67. The number of nitrogens with zero attached hydrogens (tertiary/aromatic N) is 2. The lowest BCUT2D eigenvalue weighted by Gasteiger charge is -1.93. The highest BCUT2D eigenvalue weighted by molar-refractivity contribution is 5.66. The first-order chi connectivity index (χ1) is 6.88. The third-order valence-corrected chi connectivity index (χ3v) is 1.78. The van der Waals surface area contributed by atoms with E-state index in [0.29, 0.717) is 18.6 Å². The Morgan fingerprint density at radius 1 is 1.21 bits per heavy atom. The summed E-state index contributed by atoms with van der Waals surface area (Å²) < 4.78 is 5.05. The van der Waals surface area contributed by atoms with E-state index >= 15 is 0 Å². The molecular formula is C10H8N2O2. The normalized spacial score (nSPS) is 10.0. The van der Waals surface area contributed by atoms with Gasteiger partial charge in [-0.25, -0.2) is 0 Å². The zero-order valence-electron chi connectivity index (χ0n) is 7.38. The van der Waals surface area contributed by atoms with Gasteiger partial charge in [-0.3, -0.25) is 4.79 Å². The van der Waals surface area contributed by atoms with Crippen LogP contribution in [-0.4, -0.2) is 16.5 Å². The average molecular weight is 188 g/mol. The van der Waals surface area contributed by atoms with Crippen LogP contribution >= 0.6 is 0 Å². The van der Waals surface area contributed by atoms with Gasteiger partial charge in [0.15, 0.2) is 0 Å². The Bertz CT molecular complexity index is 423. The Morgan fingerprint density at radius 2 is 2.00 bits per heavy atom. The molecule has 0 aliphatic heterocycles. The van der Waals surface area contributed by atoms with Gasteiger partial charge in [0.2, 0.25) is 12.2 Å². The second-order valence-corrected chi connectivity index (χ2v) is 2.81. The van der Waals surface area contributed by atoms with E-state index in [1.54, 1.807) is 0 Å². The molecule has 1 heterocycles. The van der Waals surface area contributed by atoms with Crippen LogP contribution in [0.4, 0.5) is 0 Å². The first kappa shape index (κ1) is 8.62. The Balaban J connectivity index is 2.15. The largest absolute Gasteiger partial charge is 0.418 e. The first-order valence-electron chi connectivity index (χ1n) is 4.20. The summed E-state index contributed by atoms with van der Waals surface area (Å²) in [6.07, 6.45) is 1.10. The summed E-state index contributed by atoms with van der Waals surface area (Å²) in [5.74, 6) is 0.481. The minimum atomic E-state index is 0.0240. The first-order valence-corrected chi connectivity index (χ1v) is 4.20. The lowest BCUT2D eigenvalue weighted by atomic mass is 10.2. The van der Waals surface area contributed by atoms with Crippen LogP contribution in [0.2, 0.25) is 0 Å². The van der Waals surface area contributed by atoms with Crippen LogP contribution in [-0.2, 0) is 6.42 Å². The van der Waals surface area contributed by atoms with Gasteiger partial charge in [-0.05, 0) is 5.56 Å². The number of rotatable bonds is 3. The third kappa shape index (κ3) is 1.85. The van der Waals surface area contributed by atoms with E-state index in [9.17, 15) is 4.79 Å². The zero-order chi connectivity index (χ0) is 9.80. The van der Waals surface area contributed by atoms with Crippen LogP contribution in [0.3, 0.4) is 0 Å². The Hall–Kier alpha value is -1.97. The van der Waals surface area contributed by atoms with Crippen molar-refractivity contribution in [2.45, 2.75) is 6.42 Å². The summed E-state index contributed by atoms with van der Waals surface area (Å²) in [4.78, 5) is 10.3. The minimum Gasteiger partial charge on any atom is -0.418 e. The van der Waals surface area contributed by atoms with Gasteiger partial charge in [0, 0.05) is 0 Å². The van der Waals surface area contributed by atoms with Gasteiger partial charge in [0.25, 0.3) is 5.89 Å². The maximum atomic E-state index is 10.3. The van der Waals surface area contributed by atoms with Gasteiger partial charge in [0.05, 0.1) is 6.42 Å². The maximum absolute atomic E-state index is 10.3. The molecule has 0 spiro atoms. The summed E-state index contributed by atoms with van der Waals surface area (Å²) >= 11 is 0. The zero-order valence-corrected chi connectivity index (χ0v) is 7.38. The summed E-state index contributed by atoms with van der Waals surface area (Å²) in [7, 11) is 0. The second kappa shape index (κ2) is 3.83. The van der Waals surface area contributed by atoms with Crippen molar-refractivity contribution in [1.82, 2.24) is 10.2 Å². The van der Waals surface area contributed by atoms with E-state index in [4.69, 9.17) is 4.42 Å². The Morgan fingerprint density at radius 3 is 2.64 bits per heavy atom. The SMILES string of the molecule is O=Cc1nnc(Cc2ccccc2)o1. The lowest BCUT2D eigenvalue weighted by Crippen LogP contribution is -1.87. The number of carbonyl (C=O) groups is 1. The fourth-order valence-corrected chi connectivity index (χ4v) is 1.16. The number of carbonyl (C=O) groups excluding carboxylic acids is 1. The summed E-state index contributed by atoms with van der Waals surface area (Å²) in [6, 6.07) is 9.74. The topological polar surface area (TPSA) is 56.0 Å². The van der Waals surface area contributed by atoms with Crippen molar-refractivity contribution in [3.8, 4) is 0 Å². The monoisotopic (exact) mass is 188 g/mol. The summed E-state index contributed by atoms with van der Waals surface area (Å²) in [6.45, 7) is 0. The van der Waals surface area contributed by atoms with Gasteiger partial charge in [-0.2, -0.15) is 0 Å². The molecule has 0 unspecified atom stereocenters. The second-order valence-electron chi connectivity index (χ2n) is 2.81. The molecule has 0 N–H and O–H groups in total. The molecule has 14 heavy (non-hydrogen) atoms. The van der Waals surface area contributed by atoms with Gasteiger partial charge >= 0.3 is 0 Å². The van der Waals surface area contributed by atoms with Crippen LogP contribution in [0, 0.1) is 0 Å². The molecule has 4 heteroatoms. The molecule has 0 radical (unpaired) electrons. The Kier molecular flexibility index (Phi) is 2.36. The maximum Gasteiger partial charge on any atom is 0.280 e. The van der Waals surface area contributed by atoms with E-state index in [1.165, 1.54) is 0 Å². The predicted molar refractivity (Wildman–Crippen MR) is 48.9 cm³/mol. The molecule has 0 aliphatic rings. The van der Waals surface area contributed by atoms with E-state index in [0.717, 1.165) is 5.56 Å². The van der Waals surface area contributed by atoms with E-state index < -0.39 is 0 Å². The van der Waals surface area contributed by atoms with Crippen molar-refractivity contribution in [3.05, 3.63) is 47.7 Å². The van der Waals surface area contributed by atoms with E-state index in [1.807, 2.05) is 30.3 Å². The third-order valence-electron chi connectivity index (χ3n) is 1.78. The van der Waals surface area contributed by atoms with Crippen LogP contribution in [0.25, 0.3) is 0 Å². The molecule has 0 amide bonds. The fraction of sp³-hybridized carbons (Fsp3) is 0.100. The molecule has 0 saturated carbocycles. The Labute approximate surface area is 80.6 Å². The van der Waals surface area contributed by atoms with Crippen molar-refractivity contribution in [2.75, 3.05) is 0 Å². The molecule has 2 rings (SSSR count). The highest BCUT2D eigenvalue weighted by atomic mass is 16.4. The molecule has 70 valence electrons. The van der Waals surface area contributed by atoms with Crippen LogP contribution < -0.4 is 0 Å². The smallest absolute Gasteiger partial charge is 0.280 e. The molecule has 1 aromatic heterocycles. The van der Waals surface area contributed by atoms with Gasteiger partial charge < -0.3 is 4.42 Å². The van der Waals surface area contributed by atoms with Crippen molar-refractivity contribution in [1.29, 1.82) is 0 Å². The number of aromatic nitrogens is 2. The quantitative estimate of drug-likeness (QED) is 0.684. The van der Waals surface area contributed by atoms with Crippen molar-refractivity contribution >= 4 is 6.29 Å². The van der Waals surface area contributed by atoms with E-state index in [-0.39, 0.29) is 5.89 Å². The lowest BCUT2D eigenvalue weighted by molar-refractivity contribution is 0.109. The number of hydrogen-bond acceptors (Lipinski definition) is 4. The van der Waals surface area contributed by atoms with Gasteiger partial charge in [-0.15, -0.1) is 10.2 Å². The molecule has 0 atom stereocenters. The molecular weight excluding hydrogens is 180 g/mol. The van der Waals surface area contributed by atoms with Crippen LogP contribution in [0.15, 0.2) is 34.7 Å². The highest BCUT2D eigenvalue weighted by Gasteiger charge is 2.04. The minimum absolute atomic E-state index is 0.0240. The molecule has 0 aliphatic carbocycles. The summed E-state index contributed by atoms with van der Waals surface area (Å²) in [5.41, 5.74) is 1.08. The van der Waals surface area contributed by atoms with Gasteiger partial charge in [0.1, 0.15) is 0 Å². The predicted octanol–water partition coefficient (Wildman–Crippen LogP) is 1.47. The van der Waals surface area contributed by atoms with Crippen LogP contribution in [0.5, 0.6) is 0 Å². The summed E-state index contributed by atoms with van der Waals surface area (Å²) in [5, 5.41) is 7.28. The van der Waals surface area contributed by atoms with Crippen LogP contribution in [0.1, 0.15) is 22.1 Å².